The highest BCUT2D eigenvalue weighted by Crippen LogP contribution is 2.22. The first kappa shape index (κ1) is 18.5. The van der Waals surface area contributed by atoms with Gasteiger partial charge in [-0.1, -0.05) is 12.1 Å². The zero-order chi connectivity index (χ0) is 15.4. The van der Waals surface area contributed by atoms with E-state index in [9.17, 15) is 0 Å². The maximum atomic E-state index is 6.00. The van der Waals surface area contributed by atoms with Gasteiger partial charge < -0.3 is 15.2 Å². The summed E-state index contributed by atoms with van der Waals surface area (Å²) in [6.45, 7) is 6.95. The Balaban J connectivity index is 0.00000192. The van der Waals surface area contributed by atoms with Gasteiger partial charge in [0.25, 0.3) is 0 Å². The first-order chi connectivity index (χ1) is 10.7. The van der Waals surface area contributed by atoms with E-state index in [0.717, 1.165) is 44.8 Å². The van der Waals surface area contributed by atoms with Crippen molar-refractivity contribution in [1.82, 2.24) is 4.90 Å². The Bertz CT molecular complexity index is 461. The Kier molecular flexibility index (Phi) is 7.15. The Labute approximate surface area is 145 Å². The summed E-state index contributed by atoms with van der Waals surface area (Å²) < 4.78 is 11.4. The topological polar surface area (TPSA) is 47.7 Å². The summed E-state index contributed by atoms with van der Waals surface area (Å²) in [6.07, 6.45) is 3.78. The van der Waals surface area contributed by atoms with Crippen LogP contribution in [0.15, 0.2) is 24.3 Å². The highest BCUT2D eigenvalue weighted by Gasteiger charge is 2.24. The van der Waals surface area contributed by atoms with Gasteiger partial charge in [-0.25, -0.2) is 0 Å². The molecule has 0 radical (unpaired) electrons. The van der Waals surface area contributed by atoms with Crippen molar-refractivity contribution in [3.63, 3.8) is 0 Å². The fourth-order valence-corrected chi connectivity index (χ4v) is 3.35. The summed E-state index contributed by atoms with van der Waals surface area (Å²) in [6, 6.07) is 8.79. The van der Waals surface area contributed by atoms with Crippen LogP contribution in [0, 0.1) is 5.92 Å². The first-order valence-electron chi connectivity index (χ1n) is 8.52. The molecule has 2 N–H and O–H groups in total. The van der Waals surface area contributed by atoms with Crippen molar-refractivity contribution in [2.45, 2.75) is 44.9 Å². The fraction of sp³-hybridized carbons (Fsp3) is 0.667. The van der Waals surface area contributed by atoms with Crippen LogP contribution < -0.4 is 10.5 Å². The smallest absolute Gasteiger partial charge is 0.119 e. The van der Waals surface area contributed by atoms with Crippen molar-refractivity contribution < 1.29 is 9.47 Å². The lowest BCUT2D eigenvalue weighted by molar-refractivity contribution is 0.0679. The van der Waals surface area contributed by atoms with E-state index in [0.29, 0.717) is 18.6 Å². The van der Waals surface area contributed by atoms with E-state index in [1.165, 1.54) is 12.0 Å². The molecule has 2 saturated heterocycles. The van der Waals surface area contributed by atoms with E-state index in [1.54, 1.807) is 0 Å². The monoisotopic (exact) mass is 340 g/mol. The summed E-state index contributed by atoms with van der Waals surface area (Å²) in [7, 11) is 0. The van der Waals surface area contributed by atoms with Gasteiger partial charge in [0.1, 0.15) is 12.4 Å². The molecule has 2 aliphatic rings. The number of rotatable bonds is 6. The minimum absolute atomic E-state index is 0. The number of hydrogen-bond donors (Lipinski definition) is 1. The van der Waals surface area contributed by atoms with Crippen LogP contribution in [0.1, 0.15) is 31.7 Å². The maximum Gasteiger partial charge on any atom is 0.119 e. The molecule has 2 fully saturated rings. The Hall–Kier alpha value is -0.810. The molecule has 5 heteroatoms. The molecule has 0 saturated carbocycles. The fourth-order valence-electron chi connectivity index (χ4n) is 3.35. The molecule has 130 valence electrons. The summed E-state index contributed by atoms with van der Waals surface area (Å²) in [4.78, 5) is 2.50. The molecular formula is C18H29ClN2O2. The second kappa shape index (κ2) is 8.88. The van der Waals surface area contributed by atoms with Crippen LogP contribution in [0.2, 0.25) is 0 Å². The van der Waals surface area contributed by atoms with Gasteiger partial charge in [-0.3, -0.25) is 4.90 Å². The van der Waals surface area contributed by atoms with Crippen LogP contribution in [0.5, 0.6) is 5.75 Å². The Morgan fingerprint density at radius 3 is 2.70 bits per heavy atom. The second-order valence-electron chi connectivity index (χ2n) is 6.73. The van der Waals surface area contributed by atoms with Crippen LogP contribution in [-0.2, 0) is 11.3 Å². The molecule has 4 nitrogen and oxygen atoms in total. The van der Waals surface area contributed by atoms with E-state index in [1.807, 2.05) is 0 Å². The number of nitrogens with two attached hydrogens (primary N) is 1. The van der Waals surface area contributed by atoms with Gasteiger partial charge >= 0.3 is 0 Å². The zero-order valence-electron chi connectivity index (χ0n) is 13.9. The molecule has 2 aliphatic heterocycles. The minimum atomic E-state index is 0. The van der Waals surface area contributed by atoms with Gasteiger partial charge in [0.2, 0.25) is 0 Å². The molecule has 23 heavy (non-hydrogen) atoms. The zero-order valence-corrected chi connectivity index (χ0v) is 14.8. The van der Waals surface area contributed by atoms with Gasteiger partial charge in [0, 0.05) is 25.7 Å². The lowest BCUT2D eigenvalue weighted by Crippen LogP contribution is -2.29. The molecule has 0 aromatic heterocycles. The molecule has 0 aliphatic carbocycles. The molecule has 1 aromatic carbocycles. The second-order valence-corrected chi connectivity index (χ2v) is 6.73. The highest BCUT2D eigenvalue weighted by molar-refractivity contribution is 5.85. The molecule has 0 spiro atoms. The van der Waals surface area contributed by atoms with Gasteiger partial charge in [0.15, 0.2) is 0 Å². The van der Waals surface area contributed by atoms with Crippen LogP contribution in [0.25, 0.3) is 0 Å². The number of nitrogens with zero attached hydrogens (tertiary/aromatic N) is 1. The Morgan fingerprint density at radius 2 is 2.09 bits per heavy atom. The summed E-state index contributed by atoms with van der Waals surface area (Å²) >= 11 is 0. The number of benzene rings is 1. The third-order valence-electron chi connectivity index (χ3n) is 4.84. The molecule has 3 atom stereocenters. The third-order valence-corrected chi connectivity index (χ3v) is 4.84. The molecule has 0 bridgehead atoms. The van der Waals surface area contributed by atoms with Crippen LogP contribution in [0.3, 0.4) is 0 Å². The quantitative estimate of drug-likeness (QED) is 0.865. The van der Waals surface area contributed by atoms with E-state index in [2.05, 4.69) is 36.1 Å². The minimum Gasteiger partial charge on any atom is -0.491 e. The average molecular weight is 341 g/mol. The highest BCUT2D eigenvalue weighted by atomic mass is 35.5. The van der Waals surface area contributed by atoms with Crippen molar-refractivity contribution in [3.05, 3.63) is 29.8 Å². The normalized spacial score (nSPS) is 26.0. The number of ether oxygens (including phenoxy) is 2. The molecule has 1 aromatic rings. The summed E-state index contributed by atoms with van der Waals surface area (Å²) in [5, 5.41) is 0. The first-order valence-corrected chi connectivity index (χ1v) is 8.52. The average Bonchev–Trinajstić information content (AvgIpc) is 3.18. The van der Waals surface area contributed by atoms with Crippen molar-refractivity contribution >= 4 is 12.4 Å². The van der Waals surface area contributed by atoms with E-state index >= 15 is 0 Å². The van der Waals surface area contributed by atoms with Crippen molar-refractivity contribution in [3.8, 4) is 5.75 Å². The van der Waals surface area contributed by atoms with Crippen molar-refractivity contribution in [2.75, 3.05) is 26.3 Å². The third kappa shape index (κ3) is 5.35. The van der Waals surface area contributed by atoms with Gasteiger partial charge in [-0.05, 0) is 56.3 Å². The van der Waals surface area contributed by atoms with Gasteiger partial charge in [-0.2, -0.15) is 0 Å². The number of halogens is 1. The van der Waals surface area contributed by atoms with Crippen LogP contribution >= 0.6 is 12.4 Å². The summed E-state index contributed by atoms with van der Waals surface area (Å²) in [5.41, 5.74) is 7.35. The Morgan fingerprint density at radius 1 is 1.30 bits per heavy atom. The number of likely N-dealkylation sites (tertiary alicyclic amines) is 1. The SMILES string of the molecule is CC(N)C1CCN(Cc2ccc(OCC3CCCO3)cc2)C1.Cl. The molecule has 2 heterocycles. The maximum absolute atomic E-state index is 6.00. The van der Waals surface area contributed by atoms with Crippen LogP contribution in [-0.4, -0.2) is 43.3 Å². The molecule has 0 amide bonds. The number of hydrogen-bond acceptors (Lipinski definition) is 4. The van der Waals surface area contributed by atoms with Crippen molar-refractivity contribution in [2.24, 2.45) is 11.7 Å². The van der Waals surface area contributed by atoms with E-state index in [4.69, 9.17) is 15.2 Å². The van der Waals surface area contributed by atoms with Crippen molar-refractivity contribution in [1.29, 1.82) is 0 Å². The predicted molar refractivity (Wildman–Crippen MR) is 95.2 cm³/mol. The molecule has 3 rings (SSSR count). The standard InChI is InChI=1S/C18H28N2O2.ClH/c1-14(19)16-8-9-20(12-16)11-15-4-6-17(7-5-15)22-13-18-3-2-10-21-18;/h4-7,14,16,18H,2-3,8-13,19H2,1H3;1H. The lowest BCUT2D eigenvalue weighted by atomic mass is 10.0. The molecule has 3 unspecified atom stereocenters. The largest absolute Gasteiger partial charge is 0.491 e. The van der Waals surface area contributed by atoms with Gasteiger partial charge in [-0.15, -0.1) is 12.4 Å². The molecular weight excluding hydrogens is 312 g/mol. The van der Waals surface area contributed by atoms with Gasteiger partial charge in [0.05, 0.1) is 6.10 Å². The lowest BCUT2D eigenvalue weighted by Gasteiger charge is -2.18. The summed E-state index contributed by atoms with van der Waals surface area (Å²) in [5.74, 6) is 1.59. The van der Waals surface area contributed by atoms with E-state index in [-0.39, 0.29) is 18.5 Å². The predicted octanol–water partition coefficient (Wildman–Crippen LogP) is 2.84. The van der Waals surface area contributed by atoms with E-state index < -0.39 is 0 Å². The van der Waals surface area contributed by atoms with Crippen LogP contribution in [0.4, 0.5) is 0 Å².